The molecule has 1 aliphatic carbocycles. The Hall–Kier alpha value is -2.64. The number of nitrogens with zero attached hydrogens (tertiary/aromatic N) is 2. The van der Waals surface area contributed by atoms with E-state index < -0.39 is 11.9 Å². The van der Waals surface area contributed by atoms with E-state index >= 15 is 0 Å². The van der Waals surface area contributed by atoms with Gasteiger partial charge in [-0.2, -0.15) is 0 Å². The summed E-state index contributed by atoms with van der Waals surface area (Å²) in [6, 6.07) is 2.39. The summed E-state index contributed by atoms with van der Waals surface area (Å²) in [5, 5.41) is 2.72. The zero-order chi connectivity index (χ0) is 18.0. The number of primary amides is 1. The number of amides is 4. The summed E-state index contributed by atoms with van der Waals surface area (Å²) >= 11 is 0. The zero-order valence-corrected chi connectivity index (χ0v) is 14.1. The Labute approximate surface area is 145 Å². The molecule has 0 aromatic carbocycles. The Morgan fingerprint density at radius 1 is 1.36 bits per heavy atom. The lowest BCUT2D eigenvalue weighted by atomic mass is 9.91. The predicted molar refractivity (Wildman–Crippen MR) is 88.9 cm³/mol. The molecule has 8 heteroatoms. The fourth-order valence-corrected chi connectivity index (χ4v) is 3.42. The molecular weight excluding hydrogens is 324 g/mol. The molecule has 0 bridgehead atoms. The summed E-state index contributed by atoms with van der Waals surface area (Å²) in [5.41, 5.74) is 5.59. The molecule has 1 aromatic rings. The number of urea groups is 1. The summed E-state index contributed by atoms with van der Waals surface area (Å²) in [6.07, 6.45) is 4.70. The van der Waals surface area contributed by atoms with Gasteiger partial charge < -0.3 is 15.8 Å². The number of imide groups is 1. The molecule has 8 nitrogen and oxygen atoms in total. The number of nitrogens with one attached hydrogen (secondary N) is 1. The number of rotatable bonds is 5. The second-order valence-corrected chi connectivity index (χ2v) is 6.39. The molecule has 2 fully saturated rings. The molecule has 3 rings (SSSR count). The van der Waals surface area contributed by atoms with Crippen molar-refractivity contribution in [3.63, 3.8) is 0 Å². The standard InChI is InChI=1S/C17H22N4O4/c1-2-13-16(23)21(17(24)20-13)10-5-7-11(8-6-10)25-15-12(14(18)22)4-3-9-19-15/h3-4,9-11,13H,2,5-8H2,1H3,(H2,18,22)(H,20,24). The van der Waals surface area contributed by atoms with Crippen molar-refractivity contribution in [1.82, 2.24) is 15.2 Å². The van der Waals surface area contributed by atoms with Gasteiger partial charge in [-0.3, -0.25) is 14.5 Å². The zero-order valence-electron chi connectivity index (χ0n) is 14.1. The van der Waals surface area contributed by atoms with Crippen LogP contribution in [0.2, 0.25) is 0 Å². The fourth-order valence-electron chi connectivity index (χ4n) is 3.42. The number of ether oxygens (including phenoxy) is 1. The number of hydrogen-bond donors (Lipinski definition) is 2. The first-order chi connectivity index (χ1) is 12.0. The van der Waals surface area contributed by atoms with Crippen molar-refractivity contribution in [2.75, 3.05) is 0 Å². The number of aromatic nitrogens is 1. The van der Waals surface area contributed by atoms with Crippen LogP contribution in [0, 0.1) is 0 Å². The highest BCUT2D eigenvalue weighted by atomic mass is 16.5. The number of nitrogens with two attached hydrogens (primary N) is 1. The lowest BCUT2D eigenvalue weighted by Crippen LogP contribution is -2.44. The minimum Gasteiger partial charge on any atom is -0.474 e. The van der Waals surface area contributed by atoms with Gasteiger partial charge in [0.25, 0.3) is 11.8 Å². The third-order valence-electron chi connectivity index (χ3n) is 4.78. The molecule has 1 atom stereocenters. The first-order valence-electron chi connectivity index (χ1n) is 8.56. The van der Waals surface area contributed by atoms with Crippen LogP contribution in [0.5, 0.6) is 5.88 Å². The van der Waals surface area contributed by atoms with E-state index in [0.717, 1.165) is 0 Å². The van der Waals surface area contributed by atoms with Crippen molar-refractivity contribution in [3.8, 4) is 5.88 Å². The Morgan fingerprint density at radius 3 is 2.68 bits per heavy atom. The normalized spacial score (nSPS) is 26.4. The van der Waals surface area contributed by atoms with Gasteiger partial charge in [0.2, 0.25) is 5.88 Å². The van der Waals surface area contributed by atoms with E-state index in [1.165, 1.54) is 4.90 Å². The Morgan fingerprint density at radius 2 is 2.08 bits per heavy atom. The lowest BCUT2D eigenvalue weighted by molar-refractivity contribution is -0.129. The Bertz CT molecular complexity index is 685. The third kappa shape index (κ3) is 3.42. The molecule has 1 aliphatic heterocycles. The highest BCUT2D eigenvalue weighted by Gasteiger charge is 2.42. The fraction of sp³-hybridized carbons (Fsp3) is 0.529. The summed E-state index contributed by atoms with van der Waals surface area (Å²) in [6.45, 7) is 1.88. The van der Waals surface area contributed by atoms with Gasteiger partial charge in [0.05, 0.1) is 0 Å². The molecule has 134 valence electrons. The van der Waals surface area contributed by atoms with Crippen molar-refractivity contribution < 1.29 is 19.1 Å². The van der Waals surface area contributed by atoms with Crippen LogP contribution in [0.4, 0.5) is 4.79 Å². The van der Waals surface area contributed by atoms with Gasteiger partial charge in [0.15, 0.2) is 0 Å². The van der Waals surface area contributed by atoms with E-state index in [1.807, 2.05) is 6.92 Å². The van der Waals surface area contributed by atoms with Crippen LogP contribution in [-0.2, 0) is 4.79 Å². The number of carbonyl (C=O) groups excluding carboxylic acids is 3. The summed E-state index contributed by atoms with van der Waals surface area (Å²) in [4.78, 5) is 41.2. The predicted octanol–water partition coefficient (Wildman–Crippen LogP) is 1.20. The van der Waals surface area contributed by atoms with Crippen molar-refractivity contribution >= 4 is 17.8 Å². The Balaban J connectivity index is 1.60. The first kappa shape index (κ1) is 17.2. The minimum atomic E-state index is -0.582. The second kappa shape index (κ2) is 7.08. The van der Waals surface area contributed by atoms with Crippen molar-refractivity contribution in [2.24, 2.45) is 5.73 Å². The molecule has 1 aromatic heterocycles. The maximum absolute atomic E-state index is 12.3. The molecule has 2 aliphatic rings. The van der Waals surface area contributed by atoms with Gasteiger partial charge in [0, 0.05) is 12.2 Å². The quantitative estimate of drug-likeness (QED) is 0.778. The van der Waals surface area contributed by atoms with Gasteiger partial charge in [-0.05, 0) is 44.2 Å². The molecule has 3 N–H and O–H groups in total. The van der Waals surface area contributed by atoms with Gasteiger partial charge >= 0.3 is 6.03 Å². The maximum Gasteiger partial charge on any atom is 0.325 e. The Kier molecular flexibility index (Phi) is 4.87. The molecule has 2 heterocycles. The van der Waals surface area contributed by atoms with Crippen LogP contribution in [-0.4, -0.2) is 45.9 Å². The average molecular weight is 346 g/mol. The van der Waals surface area contributed by atoms with Crippen LogP contribution >= 0.6 is 0 Å². The van der Waals surface area contributed by atoms with E-state index in [1.54, 1.807) is 18.3 Å². The molecular formula is C17H22N4O4. The van der Waals surface area contributed by atoms with Crippen molar-refractivity contribution in [2.45, 2.75) is 57.2 Å². The maximum atomic E-state index is 12.3. The molecule has 0 spiro atoms. The third-order valence-corrected chi connectivity index (χ3v) is 4.78. The number of hydrogen-bond acceptors (Lipinski definition) is 5. The molecule has 25 heavy (non-hydrogen) atoms. The van der Waals surface area contributed by atoms with Crippen LogP contribution in [0.3, 0.4) is 0 Å². The SMILES string of the molecule is CCC1NC(=O)N(C2CCC(Oc3ncccc3C(N)=O)CC2)C1=O. The molecule has 1 saturated heterocycles. The summed E-state index contributed by atoms with van der Waals surface area (Å²) in [7, 11) is 0. The van der Waals surface area contributed by atoms with Gasteiger partial charge in [-0.25, -0.2) is 9.78 Å². The van der Waals surface area contributed by atoms with Crippen molar-refractivity contribution in [1.29, 1.82) is 0 Å². The summed E-state index contributed by atoms with van der Waals surface area (Å²) in [5.74, 6) is -0.487. The summed E-state index contributed by atoms with van der Waals surface area (Å²) < 4.78 is 5.84. The van der Waals surface area contributed by atoms with Gasteiger partial charge in [-0.1, -0.05) is 6.92 Å². The topological polar surface area (TPSA) is 115 Å². The number of pyridine rings is 1. The molecule has 4 amide bonds. The van der Waals surface area contributed by atoms with E-state index in [4.69, 9.17) is 10.5 Å². The first-order valence-corrected chi connectivity index (χ1v) is 8.56. The monoisotopic (exact) mass is 346 g/mol. The second-order valence-electron chi connectivity index (χ2n) is 6.39. The van der Waals surface area contributed by atoms with E-state index in [9.17, 15) is 14.4 Å². The van der Waals surface area contributed by atoms with E-state index in [2.05, 4.69) is 10.3 Å². The van der Waals surface area contributed by atoms with E-state index in [0.29, 0.717) is 32.1 Å². The van der Waals surface area contributed by atoms with Crippen LogP contribution < -0.4 is 15.8 Å². The van der Waals surface area contributed by atoms with E-state index in [-0.39, 0.29) is 35.5 Å². The highest BCUT2D eigenvalue weighted by Crippen LogP contribution is 2.29. The minimum absolute atomic E-state index is 0.108. The van der Waals surface area contributed by atoms with Crippen molar-refractivity contribution in [3.05, 3.63) is 23.9 Å². The van der Waals surface area contributed by atoms with Crippen LogP contribution in [0.25, 0.3) is 0 Å². The smallest absolute Gasteiger partial charge is 0.325 e. The van der Waals surface area contributed by atoms with Crippen LogP contribution in [0.1, 0.15) is 49.4 Å². The largest absolute Gasteiger partial charge is 0.474 e. The molecule has 1 unspecified atom stereocenters. The average Bonchev–Trinajstić information content (AvgIpc) is 2.90. The molecule has 1 saturated carbocycles. The lowest BCUT2D eigenvalue weighted by Gasteiger charge is -2.33. The molecule has 0 radical (unpaired) electrons. The highest BCUT2D eigenvalue weighted by molar-refractivity contribution is 6.04. The number of carbonyl (C=O) groups is 3. The van der Waals surface area contributed by atoms with Gasteiger partial charge in [0.1, 0.15) is 17.7 Å². The van der Waals surface area contributed by atoms with Gasteiger partial charge in [-0.15, -0.1) is 0 Å². The van der Waals surface area contributed by atoms with Crippen LogP contribution in [0.15, 0.2) is 18.3 Å².